The molecule has 7 nitrogen and oxygen atoms in total. The Labute approximate surface area is 204 Å². The number of benzene rings is 3. The molecular weight excluding hydrogens is 444 g/mol. The standard InChI is InChI=1S/C28H28N2O5/c1-2-10-24(26(31)30-25(27(32)33)18-11-4-3-5-12-18)29-28(34)35-17-23-21-15-8-6-13-19(21)20-14-7-9-16-22(20)23/h3-9,11-16,23-25H,2,10,17H2,1H3,(H,29,34)(H,30,31)(H,32,33)/t24-,25-/m0/s1. The Hall–Kier alpha value is -4.13. The number of carboxylic acids is 1. The summed E-state index contributed by atoms with van der Waals surface area (Å²) in [5.74, 6) is -1.85. The maximum absolute atomic E-state index is 12.9. The smallest absolute Gasteiger partial charge is 0.407 e. The van der Waals surface area contributed by atoms with Gasteiger partial charge in [0, 0.05) is 5.92 Å². The van der Waals surface area contributed by atoms with E-state index in [1.165, 1.54) is 0 Å². The summed E-state index contributed by atoms with van der Waals surface area (Å²) < 4.78 is 5.56. The van der Waals surface area contributed by atoms with Crippen LogP contribution >= 0.6 is 0 Å². The van der Waals surface area contributed by atoms with Crippen molar-refractivity contribution in [2.24, 2.45) is 0 Å². The summed E-state index contributed by atoms with van der Waals surface area (Å²) in [5, 5.41) is 14.8. The van der Waals surface area contributed by atoms with Crippen molar-refractivity contribution < 1.29 is 24.2 Å². The monoisotopic (exact) mass is 472 g/mol. The molecule has 0 heterocycles. The van der Waals surface area contributed by atoms with E-state index in [-0.39, 0.29) is 12.5 Å². The van der Waals surface area contributed by atoms with Gasteiger partial charge < -0.3 is 20.5 Å². The molecule has 2 atom stereocenters. The van der Waals surface area contributed by atoms with E-state index >= 15 is 0 Å². The number of amides is 2. The van der Waals surface area contributed by atoms with E-state index in [2.05, 4.69) is 22.8 Å². The molecule has 3 aromatic rings. The summed E-state index contributed by atoms with van der Waals surface area (Å²) in [5.41, 5.74) is 4.89. The first-order valence-electron chi connectivity index (χ1n) is 11.7. The van der Waals surface area contributed by atoms with Crippen molar-refractivity contribution in [1.82, 2.24) is 10.6 Å². The van der Waals surface area contributed by atoms with Gasteiger partial charge in [0.05, 0.1) is 0 Å². The maximum atomic E-state index is 12.9. The topological polar surface area (TPSA) is 105 Å². The molecule has 3 N–H and O–H groups in total. The van der Waals surface area contributed by atoms with Crippen molar-refractivity contribution in [2.75, 3.05) is 6.61 Å². The molecule has 0 bridgehead atoms. The number of fused-ring (bicyclic) bond motifs is 3. The lowest BCUT2D eigenvalue weighted by atomic mass is 9.98. The largest absolute Gasteiger partial charge is 0.479 e. The zero-order valence-corrected chi connectivity index (χ0v) is 19.4. The first-order chi connectivity index (χ1) is 17.0. The Morgan fingerprint density at radius 3 is 2.00 bits per heavy atom. The van der Waals surface area contributed by atoms with Gasteiger partial charge >= 0.3 is 12.1 Å². The van der Waals surface area contributed by atoms with Crippen molar-refractivity contribution >= 4 is 18.0 Å². The lowest BCUT2D eigenvalue weighted by molar-refractivity contribution is -0.142. The molecule has 0 fully saturated rings. The van der Waals surface area contributed by atoms with Crippen LogP contribution in [0.15, 0.2) is 78.9 Å². The highest BCUT2D eigenvalue weighted by atomic mass is 16.5. The average molecular weight is 473 g/mol. The second-order valence-corrected chi connectivity index (χ2v) is 8.50. The van der Waals surface area contributed by atoms with Crippen LogP contribution in [-0.2, 0) is 14.3 Å². The molecule has 0 aliphatic heterocycles. The van der Waals surface area contributed by atoms with Gasteiger partial charge in [0.2, 0.25) is 5.91 Å². The molecule has 0 unspecified atom stereocenters. The Bertz CT molecular complexity index is 1170. The molecule has 0 spiro atoms. The minimum absolute atomic E-state index is 0.0962. The van der Waals surface area contributed by atoms with E-state index in [0.29, 0.717) is 18.4 Å². The molecular formula is C28H28N2O5. The number of aliphatic carboxylic acids is 1. The Balaban J connectivity index is 1.41. The number of hydrogen-bond donors (Lipinski definition) is 3. The minimum Gasteiger partial charge on any atom is -0.479 e. The quantitative estimate of drug-likeness (QED) is 0.421. The molecule has 4 rings (SSSR count). The number of hydrogen-bond acceptors (Lipinski definition) is 4. The van der Waals surface area contributed by atoms with Crippen LogP contribution in [0.5, 0.6) is 0 Å². The third-order valence-electron chi connectivity index (χ3n) is 6.20. The number of alkyl carbamates (subject to hydrolysis) is 1. The van der Waals surface area contributed by atoms with Crippen LogP contribution in [0, 0.1) is 0 Å². The number of nitrogens with one attached hydrogen (secondary N) is 2. The molecule has 0 saturated heterocycles. The van der Waals surface area contributed by atoms with Gasteiger partial charge in [0.1, 0.15) is 12.6 Å². The molecule has 0 radical (unpaired) electrons. The third kappa shape index (κ3) is 5.35. The van der Waals surface area contributed by atoms with E-state index < -0.39 is 30.1 Å². The molecule has 0 aromatic heterocycles. The van der Waals surface area contributed by atoms with E-state index in [9.17, 15) is 19.5 Å². The van der Waals surface area contributed by atoms with E-state index in [1.807, 2.05) is 43.3 Å². The molecule has 1 aliphatic carbocycles. The first-order valence-corrected chi connectivity index (χ1v) is 11.7. The second kappa shape index (κ2) is 10.9. The fourth-order valence-corrected chi connectivity index (χ4v) is 4.52. The zero-order chi connectivity index (χ0) is 24.8. The molecule has 7 heteroatoms. The van der Waals surface area contributed by atoms with Crippen LogP contribution in [0.4, 0.5) is 4.79 Å². The van der Waals surface area contributed by atoms with Crippen molar-refractivity contribution in [3.05, 3.63) is 95.6 Å². The predicted molar refractivity (Wildman–Crippen MR) is 132 cm³/mol. The third-order valence-corrected chi connectivity index (χ3v) is 6.20. The van der Waals surface area contributed by atoms with Gasteiger partial charge in [0.15, 0.2) is 6.04 Å². The van der Waals surface area contributed by atoms with Crippen LogP contribution in [0.2, 0.25) is 0 Å². The summed E-state index contributed by atoms with van der Waals surface area (Å²) in [7, 11) is 0. The van der Waals surface area contributed by atoms with Gasteiger partial charge in [-0.1, -0.05) is 92.2 Å². The average Bonchev–Trinajstić information content (AvgIpc) is 3.19. The highest BCUT2D eigenvalue weighted by molar-refractivity contribution is 5.89. The molecule has 1 aliphatic rings. The molecule has 35 heavy (non-hydrogen) atoms. The Morgan fingerprint density at radius 1 is 0.857 bits per heavy atom. The van der Waals surface area contributed by atoms with Gasteiger partial charge in [-0.25, -0.2) is 9.59 Å². The normalized spacial score (nSPS) is 13.7. The van der Waals surface area contributed by atoms with Crippen LogP contribution in [0.3, 0.4) is 0 Å². The maximum Gasteiger partial charge on any atom is 0.407 e. The van der Waals surface area contributed by atoms with Crippen LogP contribution in [-0.4, -0.2) is 35.7 Å². The van der Waals surface area contributed by atoms with Crippen LogP contribution in [0.1, 0.15) is 48.4 Å². The van der Waals surface area contributed by atoms with Gasteiger partial charge in [0.25, 0.3) is 0 Å². The number of carbonyl (C=O) groups excluding carboxylic acids is 2. The summed E-state index contributed by atoms with van der Waals surface area (Å²) in [6.45, 7) is 2.01. The van der Waals surface area contributed by atoms with Gasteiger partial charge in [-0.2, -0.15) is 0 Å². The molecule has 180 valence electrons. The Morgan fingerprint density at radius 2 is 1.43 bits per heavy atom. The van der Waals surface area contributed by atoms with Crippen molar-refractivity contribution in [1.29, 1.82) is 0 Å². The summed E-state index contributed by atoms with van der Waals surface area (Å²) in [6, 6.07) is 22.4. The van der Waals surface area contributed by atoms with Gasteiger partial charge in [-0.15, -0.1) is 0 Å². The van der Waals surface area contributed by atoms with Gasteiger partial charge in [-0.05, 0) is 34.2 Å². The van der Waals surface area contributed by atoms with Crippen LogP contribution in [0.25, 0.3) is 11.1 Å². The number of carbonyl (C=O) groups is 3. The summed E-state index contributed by atoms with van der Waals surface area (Å²) >= 11 is 0. The number of ether oxygens (including phenoxy) is 1. The van der Waals surface area contributed by atoms with E-state index in [0.717, 1.165) is 22.3 Å². The van der Waals surface area contributed by atoms with Crippen molar-refractivity contribution in [3.8, 4) is 11.1 Å². The van der Waals surface area contributed by atoms with Crippen LogP contribution < -0.4 is 10.6 Å². The van der Waals surface area contributed by atoms with E-state index in [1.54, 1.807) is 30.3 Å². The van der Waals surface area contributed by atoms with Crippen molar-refractivity contribution in [2.45, 2.75) is 37.8 Å². The minimum atomic E-state index is -1.22. The summed E-state index contributed by atoms with van der Waals surface area (Å²) in [6.07, 6.45) is 0.245. The highest BCUT2D eigenvalue weighted by Gasteiger charge is 2.30. The van der Waals surface area contributed by atoms with E-state index in [4.69, 9.17) is 4.74 Å². The molecule has 2 amide bonds. The Kier molecular flexibility index (Phi) is 7.45. The zero-order valence-electron chi connectivity index (χ0n) is 19.4. The fourth-order valence-electron chi connectivity index (χ4n) is 4.52. The molecule has 3 aromatic carbocycles. The number of rotatable bonds is 9. The SMILES string of the molecule is CCC[C@H](NC(=O)OCC1c2ccccc2-c2ccccc21)C(=O)N[C@H](C(=O)O)c1ccccc1. The van der Waals surface area contributed by atoms with Crippen molar-refractivity contribution in [3.63, 3.8) is 0 Å². The van der Waals surface area contributed by atoms with Gasteiger partial charge in [-0.3, -0.25) is 4.79 Å². The molecule has 0 saturated carbocycles. The lowest BCUT2D eigenvalue weighted by Gasteiger charge is -2.22. The predicted octanol–water partition coefficient (Wildman–Crippen LogP) is 4.64. The first kappa shape index (κ1) is 24.0. The second-order valence-electron chi connectivity index (χ2n) is 8.50. The number of carboxylic acid groups (broad SMARTS) is 1. The highest BCUT2D eigenvalue weighted by Crippen LogP contribution is 2.44. The summed E-state index contributed by atoms with van der Waals surface area (Å²) in [4.78, 5) is 37.3. The lowest BCUT2D eigenvalue weighted by Crippen LogP contribution is -2.49. The fraction of sp³-hybridized carbons (Fsp3) is 0.250.